The largest absolute Gasteiger partial charge is 0.396 e. The van der Waals surface area contributed by atoms with Crippen LogP contribution in [0.3, 0.4) is 0 Å². The van der Waals surface area contributed by atoms with Crippen LogP contribution in [-0.2, 0) is 0 Å². The molecule has 1 aromatic carbocycles. The van der Waals surface area contributed by atoms with E-state index >= 15 is 0 Å². The summed E-state index contributed by atoms with van der Waals surface area (Å²) in [6.07, 6.45) is 3.23. The molecule has 0 unspecified atom stereocenters. The normalized spacial score (nSPS) is 9.65. The molecule has 0 atom stereocenters. The predicted octanol–water partition coefficient (Wildman–Crippen LogP) is 3.04. The highest BCUT2D eigenvalue weighted by atomic mass is 79.9. The second kappa shape index (κ2) is 4.85. The van der Waals surface area contributed by atoms with Crippen LogP contribution in [0.15, 0.2) is 41.1 Å². The molecule has 0 fully saturated rings. The summed E-state index contributed by atoms with van der Waals surface area (Å²) in [4.78, 5) is 3.96. The summed E-state index contributed by atoms with van der Waals surface area (Å²) >= 11 is 3.37. The van der Waals surface area contributed by atoms with Crippen LogP contribution in [0.2, 0.25) is 0 Å². The summed E-state index contributed by atoms with van der Waals surface area (Å²) < 4.78 is 0.778. The van der Waals surface area contributed by atoms with Crippen molar-refractivity contribution < 1.29 is 0 Å². The van der Waals surface area contributed by atoms with Gasteiger partial charge in [-0.3, -0.25) is 4.98 Å². The lowest BCUT2D eigenvalue weighted by atomic mass is 10.2. The minimum Gasteiger partial charge on any atom is -0.396 e. The van der Waals surface area contributed by atoms with Crippen molar-refractivity contribution in [3.05, 3.63) is 46.7 Å². The molecule has 0 aliphatic carbocycles. The van der Waals surface area contributed by atoms with Gasteiger partial charge < -0.3 is 11.1 Å². The molecule has 17 heavy (non-hydrogen) atoms. The second-order valence-corrected chi connectivity index (χ2v) is 4.26. The van der Waals surface area contributed by atoms with E-state index in [9.17, 15) is 0 Å². The van der Waals surface area contributed by atoms with Gasteiger partial charge in [0.15, 0.2) is 0 Å². The Labute approximate surface area is 107 Å². The summed E-state index contributed by atoms with van der Waals surface area (Å²) in [5, 5.41) is 12.0. The van der Waals surface area contributed by atoms with Crippen LogP contribution in [0.4, 0.5) is 17.1 Å². The number of nitrogens with one attached hydrogen (secondary N) is 1. The van der Waals surface area contributed by atoms with Crippen molar-refractivity contribution in [2.24, 2.45) is 0 Å². The molecule has 0 saturated heterocycles. The molecule has 0 saturated carbocycles. The number of nitrogens with two attached hydrogens (primary N) is 1. The van der Waals surface area contributed by atoms with E-state index in [1.807, 2.05) is 12.1 Å². The Morgan fingerprint density at radius 1 is 1.35 bits per heavy atom. The zero-order valence-electron chi connectivity index (χ0n) is 8.81. The maximum Gasteiger partial charge on any atom is 0.0992 e. The quantitative estimate of drug-likeness (QED) is 0.891. The van der Waals surface area contributed by atoms with Crippen LogP contribution < -0.4 is 11.1 Å². The number of nitriles is 1. The second-order valence-electron chi connectivity index (χ2n) is 3.40. The summed E-state index contributed by atoms with van der Waals surface area (Å²) in [7, 11) is 0. The van der Waals surface area contributed by atoms with Crippen LogP contribution in [0.5, 0.6) is 0 Å². The number of anilines is 3. The first kappa shape index (κ1) is 11.4. The number of benzene rings is 1. The van der Waals surface area contributed by atoms with Gasteiger partial charge in [-0.05, 0) is 34.1 Å². The number of nitrogen functional groups attached to an aromatic ring is 1. The van der Waals surface area contributed by atoms with E-state index in [2.05, 4.69) is 32.3 Å². The van der Waals surface area contributed by atoms with Gasteiger partial charge in [-0.15, -0.1) is 0 Å². The van der Waals surface area contributed by atoms with Crippen molar-refractivity contribution in [3.63, 3.8) is 0 Å². The van der Waals surface area contributed by atoms with Crippen LogP contribution in [-0.4, -0.2) is 4.98 Å². The van der Waals surface area contributed by atoms with Crippen molar-refractivity contribution in [2.75, 3.05) is 11.1 Å². The molecule has 3 N–H and O–H groups in total. The molecule has 2 aromatic rings. The number of halogens is 1. The molecular formula is C12H9BrN4. The highest BCUT2D eigenvalue weighted by molar-refractivity contribution is 9.10. The Bertz CT molecular complexity index is 569. The molecule has 1 aromatic heterocycles. The standard InChI is InChI=1S/C12H9BrN4/c13-10-6-16-7-11(15)12(10)17-9-3-1-2-8(4-9)5-14/h1-4,6-7H,15H2,(H,16,17). The number of hydrogen-bond donors (Lipinski definition) is 2. The lowest BCUT2D eigenvalue weighted by molar-refractivity contribution is 1.31. The van der Waals surface area contributed by atoms with Gasteiger partial charge in [0.2, 0.25) is 0 Å². The van der Waals surface area contributed by atoms with Gasteiger partial charge in [0.1, 0.15) is 0 Å². The first-order chi connectivity index (χ1) is 8.20. The molecule has 84 valence electrons. The Morgan fingerprint density at radius 2 is 2.18 bits per heavy atom. The third-order valence-electron chi connectivity index (χ3n) is 2.19. The van der Waals surface area contributed by atoms with Crippen LogP contribution >= 0.6 is 15.9 Å². The molecule has 0 aliphatic rings. The average Bonchev–Trinajstić information content (AvgIpc) is 2.34. The van der Waals surface area contributed by atoms with Crippen LogP contribution in [0, 0.1) is 11.3 Å². The molecule has 0 bridgehead atoms. The van der Waals surface area contributed by atoms with Crippen molar-refractivity contribution in [1.82, 2.24) is 4.98 Å². The molecule has 0 spiro atoms. The fourth-order valence-electron chi connectivity index (χ4n) is 1.39. The van der Waals surface area contributed by atoms with Gasteiger partial charge in [0.25, 0.3) is 0 Å². The van der Waals surface area contributed by atoms with Crippen LogP contribution in [0.25, 0.3) is 0 Å². The molecular weight excluding hydrogens is 280 g/mol. The first-order valence-electron chi connectivity index (χ1n) is 4.87. The summed E-state index contributed by atoms with van der Waals surface area (Å²) in [5.41, 5.74) is 8.51. The van der Waals surface area contributed by atoms with E-state index in [-0.39, 0.29) is 0 Å². The predicted molar refractivity (Wildman–Crippen MR) is 70.8 cm³/mol. The minimum atomic E-state index is 0.543. The van der Waals surface area contributed by atoms with Crippen LogP contribution in [0.1, 0.15) is 5.56 Å². The zero-order valence-corrected chi connectivity index (χ0v) is 10.4. The third-order valence-corrected chi connectivity index (χ3v) is 2.79. The van der Waals surface area contributed by atoms with Gasteiger partial charge in [-0.25, -0.2) is 0 Å². The van der Waals surface area contributed by atoms with Gasteiger partial charge in [-0.2, -0.15) is 5.26 Å². The van der Waals surface area contributed by atoms with Crippen molar-refractivity contribution in [1.29, 1.82) is 5.26 Å². The summed E-state index contributed by atoms with van der Waals surface area (Å²) in [5.74, 6) is 0. The van der Waals surface area contributed by atoms with Crippen molar-refractivity contribution in [3.8, 4) is 6.07 Å². The maximum atomic E-state index is 8.82. The molecule has 0 amide bonds. The Balaban J connectivity index is 2.35. The summed E-state index contributed by atoms with van der Waals surface area (Å²) in [6.45, 7) is 0. The number of hydrogen-bond acceptors (Lipinski definition) is 4. The number of nitrogens with zero attached hydrogens (tertiary/aromatic N) is 2. The van der Waals surface area contributed by atoms with E-state index in [0.29, 0.717) is 11.3 Å². The Kier molecular flexibility index (Phi) is 3.26. The molecule has 2 rings (SSSR count). The lowest BCUT2D eigenvalue weighted by Gasteiger charge is -2.10. The molecule has 1 heterocycles. The SMILES string of the molecule is N#Cc1cccc(Nc2c(N)cncc2Br)c1. The van der Waals surface area contributed by atoms with Gasteiger partial charge in [-0.1, -0.05) is 6.07 Å². The first-order valence-corrected chi connectivity index (χ1v) is 5.66. The smallest absolute Gasteiger partial charge is 0.0992 e. The molecule has 5 heteroatoms. The molecule has 4 nitrogen and oxygen atoms in total. The van der Waals surface area contributed by atoms with E-state index in [4.69, 9.17) is 11.0 Å². The fraction of sp³-hybridized carbons (Fsp3) is 0. The van der Waals surface area contributed by atoms with Crippen molar-refractivity contribution in [2.45, 2.75) is 0 Å². The highest BCUT2D eigenvalue weighted by Gasteiger charge is 2.05. The molecule has 0 aliphatic heterocycles. The number of rotatable bonds is 2. The fourth-order valence-corrected chi connectivity index (χ4v) is 1.84. The van der Waals surface area contributed by atoms with E-state index in [1.54, 1.807) is 24.5 Å². The van der Waals surface area contributed by atoms with E-state index in [1.165, 1.54) is 0 Å². The number of aromatic nitrogens is 1. The van der Waals surface area contributed by atoms with Gasteiger partial charge in [0.05, 0.1) is 33.7 Å². The van der Waals surface area contributed by atoms with E-state index in [0.717, 1.165) is 15.8 Å². The number of pyridine rings is 1. The Morgan fingerprint density at radius 3 is 2.88 bits per heavy atom. The van der Waals surface area contributed by atoms with E-state index < -0.39 is 0 Å². The zero-order chi connectivity index (χ0) is 12.3. The summed E-state index contributed by atoms with van der Waals surface area (Å²) in [6, 6.07) is 9.27. The van der Waals surface area contributed by atoms with Gasteiger partial charge >= 0.3 is 0 Å². The topological polar surface area (TPSA) is 74.7 Å². The van der Waals surface area contributed by atoms with Crippen molar-refractivity contribution >= 4 is 33.0 Å². The Hall–Kier alpha value is -2.06. The maximum absolute atomic E-state index is 8.82. The monoisotopic (exact) mass is 288 g/mol. The minimum absolute atomic E-state index is 0.543. The lowest BCUT2D eigenvalue weighted by Crippen LogP contribution is -1.98. The average molecular weight is 289 g/mol. The molecule has 0 radical (unpaired) electrons. The van der Waals surface area contributed by atoms with Gasteiger partial charge in [0, 0.05) is 11.9 Å². The third kappa shape index (κ3) is 2.55. The highest BCUT2D eigenvalue weighted by Crippen LogP contribution is 2.30.